The molecule has 0 unspecified atom stereocenters. The van der Waals surface area contributed by atoms with Crippen LogP contribution in [0.4, 0.5) is 0 Å². The molecule has 0 spiro atoms. The Kier molecular flexibility index (Phi) is 3.65. The maximum Gasteiger partial charge on any atom is 0.360 e. The number of rotatable bonds is 5. The van der Waals surface area contributed by atoms with Gasteiger partial charge in [-0.3, -0.25) is 0 Å². The van der Waals surface area contributed by atoms with Crippen molar-refractivity contribution in [3.63, 3.8) is 0 Å². The summed E-state index contributed by atoms with van der Waals surface area (Å²) in [5, 5.41) is 15.9. The second-order valence-corrected chi connectivity index (χ2v) is 5.12. The first-order valence-electron chi connectivity index (χ1n) is 6.13. The smallest absolute Gasteiger partial charge is 0.360 e. The first-order valence-corrected chi connectivity index (χ1v) is 7.01. The highest BCUT2D eigenvalue weighted by Crippen LogP contribution is 2.21. The van der Waals surface area contributed by atoms with Crippen molar-refractivity contribution in [2.45, 2.75) is 6.61 Å². The van der Waals surface area contributed by atoms with Crippen LogP contribution in [0.25, 0.3) is 5.69 Å². The number of nitrogens with zero attached hydrogens (tertiary/aromatic N) is 3. The fraction of sp³-hybridized carbons (Fsp3) is 0.0714. The van der Waals surface area contributed by atoms with E-state index in [1.807, 2.05) is 35.7 Å². The van der Waals surface area contributed by atoms with Gasteiger partial charge in [-0.15, -0.1) is 11.3 Å². The molecule has 0 aliphatic heterocycles. The molecule has 7 heteroatoms. The van der Waals surface area contributed by atoms with Crippen LogP contribution in [0.2, 0.25) is 0 Å². The van der Waals surface area contributed by atoms with Crippen LogP contribution >= 0.6 is 11.3 Å². The van der Waals surface area contributed by atoms with E-state index >= 15 is 0 Å². The lowest BCUT2D eigenvalue weighted by Crippen LogP contribution is -2.03. The predicted octanol–water partition coefficient (Wildman–Crippen LogP) is 2.61. The van der Waals surface area contributed by atoms with E-state index in [1.54, 1.807) is 12.4 Å². The van der Waals surface area contributed by atoms with Gasteiger partial charge in [0.15, 0.2) is 5.75 Å². The lowest BCUT2D eigenvalue weighted by Gasteiger charge is -2.01. The van der Waals surface area contributed by atoms with Gasteiger partial charge in [-0.05, 0) is 12.1 Å². The first-order chi connectivity index (χ1) is 10.2. The summed E-state index contributed by atoms with van der Waals surface area (Å²) in [4.78, 5) is 15.3. The molecule has 3 aromatic rings. The molecule has 106 valence electrons. The topological polar surface area (TPSA) is 77.2 Å². The van der Waals surface area contributed by atoms with Crippen molar-refractivity contribution in [2.75, 3.05) is 0 Å². The summed E-state index contributed by atoms with van der Waals surface area (Å²) >= 11 is 1.45. The molecule has 2 aromatic heterocycles. The Morgan fingerprint density at radius 3 is 2.81 bits per heavy atom. The van der Waals surface area contributed by atoms with Crippen molar-refractivity contribution < 1.29 is 14.6 Å². The SMILES string of the molecule is O=C(O)c1nn(-c2ccccc2)cc1OCc1nccs1. The number of carbonyl (C=O) groups is 1. The number of thiazole rings is 1. The third-order valence-corrected chi connectivity index (χ3v) is 3.49. The third-order valence-electron chi connectivity index (χ3n) is 2.74. The lowest BCUT2D eigenvalue weighted by atomic mass is 10.3. The first kappa shape index (κ1) is 13.3. The van der Waals surface area contributed by atoms with E-state index < -0.39 is 5.97 Å². The van der Waals surface area contributed by atoms with E-state index in [1.165, 1.54) is 16.0 Å². The second-order valence-electron chi connectivity index (χ2n) is 4.14. The normalized spacial score (nSPS) is 10.5. The minimum atomic E-state index is -1.13. The third kappa shape index (κ3) is 2.92. The standard InChI is InChI=1S/C14H11N3O3S/c18-14(19)13-11(20-9-12-15-6-7-21-12)8-17(16-13)10-4-2-1-3-5-10/h1-8H,9H2,(H,18,19). The Morgan fingerprint density at radius 2 is 2.14 bits per heavy atom. The van der Waals surface area contributed by atoms with Crippen LogP contribution in [-0.4, -0.2) is 25.8 Å². The van der Waals surface area contributed by atoms with E-state index in [0.717, 1.165) is 10.7 Å². The minimum absolute atomic E-state index is 0.115. The lowest BCUT2D eigenvalue weighted by molar-refractivity contribution is 0.0685. The maximum atomic E-state index is 11.3. The molecule has 0 aliphatic rings. The van der Waals surface area contributed by atoms with E-state index in [9.17, 15) is 9.90 Å². The Morgan fingerprint density at radius 1 is 1.33 bits per heavy atom. The Bertz CT molecular complexity index is 738. The molecule has 0 atom stereocenters. The molecule has 0 aliphatic carbocycles. The van der Waals surface area contributed by atoms with Crippen LogP contribution in [0.5, 0.6) is 5.75 Å². The van der Waals surface area contributed by atoms with Crippen molar-refractivity contribution in [1.82, 2.24) is 14.8 Å². The van der Waals surface area contributed by atoms with Gasteiger partial charge in [0.2, 0.25) is 5.69 Å². The predicted molar refractivity (Wildman–Crippen MR) is 77.0 cm³/mol. The molecule has 3 rings (SSSR count). The van der Waals surface area contributed by atoms with Crippen molar-refractivity contribution in [3.05, 3.63) is 58.8 Å². The zero-order valence-electron chi connectivity index (χ0n) is 10.8. The highest BCUT2D eigenvalue weighted by molar-refractivity contribution is 7.09. The van der Waals surface area contributed by atoms with Crippen molar-refractivity contribution >= 4 is 17.3 Å². The summed E-state index contributed by atoms with van der Waals surface area (Å²) in [5.74, 6) is -0.902. The zero-order chi connectivity index (χ0) is 14.7. The number of hydrogen-bond acceptors (Lipinski definition) is 5. The number of para-hydroxylation sites is 1. The molecular weight excluding hydrogens is 290 g/mol. The van der Waals surface area contributed by atoms with E-state index in [0.29, 0.717) is 0 Å². The van der Waals surface area contributed by atoms with Gasteiger partial charge in [-0.25, -0.2) is 14.5 Å². The van der Waals surface area contributed by atoms with Crippen LogP contribution in [0.15, 0.2) is 48.1 Å². The molecule has 0 saturated heterocycles. The molecule has 0 radical (unpaired) electrons. The summed E-state index contributed by atoms with van der Waals surface area (Å²) in [7, 11) is 0. The molecule has 0 amide bonds. The summed E-state index contributed by atoms with van der Waals surface area (Å²) in [6.45, 7) is 0.221. The van der Waals surface area contributed by atoms with Crippen LogP contribution in [-0.2, 0) is 6.61 Å². The molecule has 0 bridgehead atoms. The molecule has 21 heavy (non-hydrogen) atoms. The average Bonchev–Trinajstić information content (AvgIpc) is 3.15. The van der Waals surface area contributed by atoms with Crippen LogP contribution < -0.4 is 4.74 Å². The van der Waals surface area contributed by atoms with Crippen molar-refractivity contribution in [2.24, 2.45) is 0 Å². The van der Waals surface area contributed by atoms with E-state index in [4.69, 9.17) is 4.74 Å². The molecule has 0 fully saturated rings. The highest BCUT2D eigenvalue weighted by atomic mass is 32.1. The van der Waals surface area contributed by atoms with Gasteiger partial charge in [0.05, 0.1) is 11.9 Å². The fourth-order valence-corrected chi connectivity index (χ4v) is 2.32. The van der Waals surface area contributed by atoms with Crippen molar-refractivity contribution in [3.8, 4) is 11.4 Å². The number of carboxylic acid groups (broad SMARTS) is 1. The van der Waals surface area contributed by atoms with Crippen LogP contribution in [0, 0.1) is 0 Å². The fourth-order valence-electron chi connectivity index (χ4n) is 1.79. The number of hydrogen-bond donors (Lipinski definition) is 1. The Hall–Kier alpha value is -2.67. The quantitative estimate of drug-likeness (QED) is 0.784. The molecule has 1 aromatic carbocycles. The highest BCUT2D eigenvalue weighted by Gasteiger charge is 2.18. The molecular formula is C14H11N3O3S. The second kappa shape index (κ2) is 5.76. The number of aromatic nitrogens is 3. The number of benzene rings is 1. The summed E-state index contributed by atoms with van der Waals surface area (Å²) < 4.78 is 7.02. The molecule has 0 saturated carbocycles. The summed E-state index contributed by atoms with van der Waals surface area (Å²) in [5.41, 5.74) is 0.652. The van der Waals surface area contributed by atoms with Gasteiger partial charge < -0.3 is 9.84 Å². The van der Waals surface area contributed by atoms with Gasteiger partial charge in [0.1, 0.15) is 11.6 Å². The van der Waals surface area contributed by atoms with Gasteiger partial charge in [-0.1, -0.05) is 18.2 Å². The van der Waals surface area contributed by atoms with Crippen molar-refractivity contribution in [1.29, 1.82) is 0 Å². The number of carboxylic acids is 1. The van der Waals surface area contributed by atoms with Crippen LogP contribution in [0.3, 0.4) is 0 Å². The van der Waals surface area contributed by atoms with Crippen LogP contribution in [0.1, 0.15) is 15.5 Å². The largest absolute Gasteiger partial charge is 0.482 e. The maximum absolute atomic E-state index is 11.3. The van der Waals surface area contributed by atoms with Gasteiger partial charge in [0.25, 0.3) is 0 Å². The monoisotopic (exact) mass is 301 g/mol. The Balaban J connectivity index is 1.88. The van der Waals surface area contributed by atoms with Gasteiger partial charge >= 0.3 is 5.97 Å². The zero-order valence-corrected chi connectivity index (χ0v) is 11.7. The Labute approximate surface area is 124 Å². The van der Waals surface area contributed by atoms with Gasteiger partial charge in [-0.2, -0.15) is 5.10 Å². The molecule has 6 nitrogen and oxygen atoms in total. The van der Waals surface area contributed by atoms with E-state index in [-0.39, 0.29) is 18.1 Å². The molecule has 1 N–H and O–H groups in total. The molecule has 2 heterocycles. The number of aromatic carboxylic acids is 1. The minimum Gasteiger partial charge on any atom is -0.482 e. The van der Waals surface area contributed by atoms with Gasteiger partial charge in [0, 0.05) is 11.6 Å². The summed E-state index contributed by atoms with van der Waals surface area (Å²) in [6, 6.07) is 9.26. The average molecular weight is 301 g/mol. The van der Waals surface area contributed by atoms with E-state index in [2.05, 4.69) is 10.1 Å². The number of ether oxygens (including phenoxy) is 1. The summed E-state index contributed by atoms with van der Waals surface area (Å²) in [6.07, 6.45) is 3.24.